The van der Waals surface area contributed by atoms with Crippen molar-refractivity contribution >= 4 is 21.2 Å². The normalized spacial score (nSPS) is 11.2. The van der Waals surface area contributed by atoms with E-state index in [1.807, 2.05) is 0 Å². The molecule has 4 nitrogen and oxygen atoms in total. The lowest BCUT2D eigenvalue weighted by atomic mass is 10.3. The molecule has 0 fully saturated rings. The first-order chi connectivity index (χ1) is 8.47. The van der Waals surface area contributed by atoms with Crippen LogP contribution in [-0.4, -0.2) is 19.7 Å². The van der Waals surface area contributed by atoms with Gasteiger partial charge in [0.2, 0.25) is 0 Å². The van der Waals surface area contributed by atoms with Gasteiger partial charge < -0.3 is 5.32 Å². The highest BCUT2D eigenvalue weighted by atomic mass is 32.2. The van der Waals surface area contributed by atoms with E-state index in [1.165, 1.54) is 24.4 Å². The summed E-state index contributed by atoms with van der Waals surface area (Å²) in [5, 5.41) is 2.81. The van der Waals surface area contributed by atoms with Gasteiger partial charge in [-0.15, -0.1) is 0 Å². The molecule has 6 heteroatoms. The Hall–Kier alpha value is -1.95. The van der Waals surface area contributed by atoms with Crippen LogP contribution in [0.5, 0.6) is 0 Å². The van der Waals surface area contributed by atoms with Gasteiger partial charge in [-0.2, -0.15) is 0 Å². The van der Waals surface area contributed by atoms with Gasteiger partial charge in [-0.1, -0.05) is 6.07 Å². The monoisotopic (exact) mass is 266 g/mol. The van der Waals surface area contributed by atoms with Crippen molar-refractivity contribution < 1.29 is 12.8 Å². The van der Waals surface area contributed by atoms with Crippen molar-refractivity contribution in [2.45, 2.75) is 4.90 Å². The molecular weight excluding hydrogens is 255 g/mol. The first kappa shape index (κ1) is 12.5. The molecule has 0 aliphatic rings. The Kier molecular flexibility index (Phi) is 3.29. The van der Waals surface area contributed by atoms with E-state index >= 15 is 0 Å². The van der Waals surface area contributed by atoms with Gasteiger partial charge in [-0.3, -0.25) is 4.98 Å². The molecule has 2 aromatic rings. The second-order valence-corrected chi connectivity index (χ2v) is 5.80. The fourth-order valence-electron chi connectivity index (χ4n) is 1.44. The predicted molar refractivity (Wildman–Crippen MR) is 67.0 cm³/mol. The lowest BCUT2D eigenvalue weighted by molar-refractivity contribution is 0.602. The molecular formula is C12H11FN2O2S. The molecule has 18 heavy (non-hydrogen) atoms. The Balaban J connectivity index is 2.34. The summed E-state index contributed by atoms with van der Waals surface area (Å²) < 4.78 is 36.2. The van der Waals surface area contributed by atoms with E-state index < -0.39 is 15.7 Å². The number of sulfone groups is 1. The molecule has 1 aromatic carbocycles. The Labute approximate surface area is 104 Å². The molecule has 1 aromatic heterocycles. The maximum absolute atomic E-state index is 13.4. The van der Waals surface area contributed by atoms with E-state index in [1.54, 1.807) is 12.1 Å². The fraction of sp³-hybridized carbons (Fsp3) is 0.0833. The molecule has 1 N–H and O–H groups in total. The van der Waals surface area contributed by atoms with Crippen molar-refractivity contribution in [3.05, 3.63) is 48.5 Å². The number of nitrogens with one attached hydrogen (secondary N) is 1. The maximum atomic E-state index is 13.4. The van der Waals surface area contributed by atoms with Gasteiger partial charge in [0.25, 0.3) is 0 Å². The SMILES string of the molecule is CS(=O)(=O)c1cccc(Nc2ccncc2F)c1. The quantitative estimate of drug-likeness (QED) is 0.926. The third-order valence-corrected chi connectivity index (χ3v) is 3.42. The van der Waals surface area contributed by atoms with Gasteiger partial charge in [0.15, 0.2) is 15.7 Å². The molecule has 0 amide bonds. The number of hydrogen-bond acceptors (Lipinski definition) is 4. The van der Waals surface area contributed by atoms with Gasteiger partial charge >= 0.3 is 0 Å². The van der Waals surface area contributed by atoms with Crippen molar-refractivity contribution in [2.24, 2.45) is 0 Å². The molecule has 0 saturated heterocycles. The number of halogens is 1. The number of aromatic nitrogens is 1. The predicted octanol–water partition coefficient (Wildman–Crippen LogP) is 2.37. The number of anilines is 2. The van der Waals surface area contributed by atoms with Crippen molar-refractivity contribution in [2.75, 3.05) is 11.6 Å². The van der Waals surface area contributed by atoms with Gasteiger partial charge in [0.05, 0.1) is 16.8 Å². The number of nitrogens with zero attached hydrogens (tertiary/aromatic N) is 1. The highest BCUT2D eigenvalue weighted by molar-refractivity contribution is 7.90. The zero-order valence-electron chi connectivity index (χ0n) is 9.59. The first-order valence-corrected chi connectivity index (χ1v) is 7.02. The lowest BCUT2D eigenvalue weighted by Crippen LogP contribution is -1.99. The summed E-state index contributed by atoms with van der Waals surface area (Å²) in [5.41, 5.74) is 0.749. The minimum Gasteiger partial charge on any atom is -0.353 e. The van der Waals surface area contributed by atoms with Crippen LogP contribution in [0.2, 0.25) is 0 Å². The Morgan fingerprint density at radius 3 is 2.72 bits per heavy atom. The van der Waals surface area contributed by atoms with Crippen molar-refractivity contribution in [3.63, 3.8) is 0 Å². The number of pyridine rings is 1. The molecule has 0 bridgehead atoms. The average Bonchev–Trinajstić information content (AvgIpc) is 2.31. The van der Waals surface area contributed by atoms with E-state index in [9.17, 15) is 12.8 Å². The largest absolute Gasteiger partial charge is 0.353 e. The van der Waals surface area contributed by atoms with Crippen LogP contribution in [0.1, 0.15) is 0 Å². The Bertz CT molecular complexity index is 671. The van der Waals surface area contributed by atoms with E-state index in [0.29, 0.717) is 5.69 Å². The minimum atomic E-state index is -3.27. The second-order valence-electron chi connectivity index (χ2n) is 3.78. The zero-order valence-corrected chi connectivity index (χ0v) is 10.4. The van der Waals surface area contributed by atoms with Crippen molar-refractivity contribution in [1.82, 2.24) is 4.98 Å². The molecule has 94 valence electrons. The topological polar surface area (TPSA) is 59.1 Å². The number of hydrogen-bond donors (Lipinski definition) is 1. The van der Waals surface area contributed by atoms with Gasteiger partial charge in [0, 0.05) is 18.1 Å². The second kappa shape index (κ2) is 4.73. The summed E-state index contributed by atoms with van der Waals surface area (Å²) in [6, 6.07) is 7.67. The van der Waals surface area contributed by atoms with Crippen LogP contribution in [0.25, 0.3) is 0 Å². The standard InChI is InChI=1S/C12H11FN2O2S/c1-18(16,17)10-4-2-3-9(7-10)15-12-5-6-14-8-11(12)13/h2-8H,1H3,(H,14,15). The van der Waals surface area contributed by atoms with Gasteiger partial charge in [-0.25, -0.2) is 12.8 Å². The maximum Gasteiger partial charge on any atom is 0.175 e. The molecule has 0 aliphatic carbocycles. The van der Waals surface area contributed by atoms with Crippen LogP contribution < -0.4 is 5.32 Å². The summed E-state index contributed by atoms with van der Waals surface area (Å²) in [7, 11) is -3.27. The number of benzene rings is 1. The van der Waals surface area contributed by atoms with Crippen LogP contribution in [0.15, 0.2) is 47.6 Å². The van der Waals surface area contributed by atoms with Crippen LogP contribution in [0, 0.1) is 5.82 Å². The molecule has 0 atom stereocenters. The van der Waals surface area contributed by atoms with Crippen LogP contribution in [-0.2, 0) is 9.84 Å². The highest BCUT2D eigenvalue weighted by Crippen LogP contribution is 2.21. The van der Waals surface area contributed by atoms with E-state index in [0.717, 1.165) is 12.5 Å². The fourth-order valence-corrected chi connectivity index (χ4v) is 2.10. The molecule has 0 spiro atoms. The Morgan fingerprint density at radius 1 is 1.28 bits per heavy atom. The van der Waals surface area contributed by atoms with E-state index in [-0.39, 0.29) is 10.6 Å². The lowest BCUT2D eigenvalue weighted by Gasteiger charge is -2.08. The van der Waals surface area contributed by atoms with Gasteiger partial charge in [-0.05, 0) is 24.3 Å². The number of rotatable bonds is 3. The molecule has 0 saturated carbocycles. The van der Waals surface area contributed by atoms with Crippen molar-refractivity contribution in [1.29, 1.82) is 0 Å². The summed E-state index contributed by atoms with van der Waals surface area (Å²) in [6.07, 6.45) is 3.66. The smallest absolute Gasteiger partial charge is 0.175 e. The third kappa shape index (κ3) is 2.84. The molecule has 0 aliphatic heterocycles. The highest BCUT2D eigenvalue weighted by Gasteiger charge is 2.08. The van der Waals surface area contributed by atoms with E-state index in [2.05, 4.69) is 10.3 Å². The molecule has 1 heterocycles. The minimum absolute atomic E-state index is 0.182. The van der Waals surface area contributed by atoms with Crippen LogP contribution in [0.3, 0.4) is 0 Å². The summed E-state index contributed by atoms with van der Waals surface area (Å²) in [6.45, 7) is 0. The summed E-state index contributed by atoms with van der Waals surface area (Å²) >= 11 is 0. The van der Waals surface area contributed by atoms with Crippen LogP contribution >= 0.6 is 0 Å². The van der Waals surface area contributed by atoms with Crippen LogP contribution in [0.4, 0.5) is 15.8 Å². The third-order valence-electron chi connectivity index (χ3n) is 2.31. The summed E-state index contributed by atoms with van der Waals surface area (Å²) in [4.78, 5) is 3.81. The molecule has 0 radical (unpaired) electrons. The molecule has 2 rings (SSSR count). The Morgan fingerprint density at radius 2 is 2.06 bits per heavy atom. The summed E-state index contributed by atoms with van der Waals surface area (Å²) in [5.74, 6) is -0.498. The zero-order chi connectivity index (χ0) is 13.2. The first-order valence-electron chi connectivity index (χ1n) is 5.13. The van der Waals surface area contributed by atoms with E-state index in [4.69, 9.17) is 0 Å². The van der Waals surface area contributed by atoms with Crippen molar-refractivity contribution in [3.8, 4) is 0 Å². The van der Waals surface area contributed by atoms with Gasteiger partial charge in [0.1, 0.15) is 0 Å². The average molecular weight is 266 g/mol. The molecule has 0 unspecified atom stereocenters.